The molecule has 2 aromatic rings. The Kier molecular flexibility index (Phi) is 4.33. The van der Waals surface area contributed by atoms with E-state index in [9.17, 15) is 18.0 Å². The molecule has 0 saturated carbocycles. The molecule has 1 saturated heterocycles. The number of amidine groups is 1. The van der Waals surface area contributed by atoms with Crippen molar-refractivity contribution in [2.24, 2.45) is 4.99 Å². The van der Waals surface area contributed by atoms with Gasteiger partial charge >= 0.3 is 5.97 Å². The van der Waals surface area contributed by atoms with Crippen LogP contribution in [0.4, 0.5) is 13.2 Å². The molecule has 2 atom stereocenters. The van der Waals surface area contributed by atoms with E-state index in [0.717, 1.165) is 18.2 Å². The van der Waals surface area contributed by atoms with Gasteiger partial charge in [-0.1, -0.05) is 0 Å². The van der Waals surface area contributed by atoms with Gasteiger partial charge in [-0.15, -0.1) is 0 Å². The van der Waals surface area contributed by atoms with Crippen LogP contribution in [0.3, 0.4) is 0 Å². The van der Waals surface area contributed by atoms with Crippen LogP contribution in [0.1, 0.15) is 39.6 Å². The number of aromatic nitrogens is 1. The summed E-state index contributed by atoms with van der Waals surface area (Å²) in [6, 6.07) is 4.05. The molecule has 1 fully saturated rings. The lowest BCUT2D eigenvalue weighted by atomic mass is 10.0. The molecular formula is C19H16F3N3O2. The number of fused-ring (bicyclic) bond motifs is 1. The number of carbonyl (C=O) groups is 1. The highest BCUT2D eigenvalue weighted by Gasteiger charge is 2.39. The number of rotatable bonds is 2. The van der Waals surface area contributed by atoms with Gasteiger partial charge in [-0.3, -0.25) is 9.98 Å². The highest BCUT2D eigenvalue weighted by atomic mass is 19.1. The molecule has 2 aliphatic rings. The Hall–Kier alpha value is -2.90. The number of pyridine rings is 1. The third-order valence-corrected chi connectivity index (χ3v) is 4.85. The Morgan fingerprint density at radius 3 is 2.89 bits per heavy atom. The van der Waals surface area contributed by atoms with Gasteiger partial charge in [0, 0.05) is 23.7 Å². The highest BCUT2D eigenvalue weighted by molar-refractivity contribution is 6.03. The molecule has 4 rings (SSSR count). The normalized spacial score (nSPS) is 21.2. The molecule has 0 N–H and O–H groups in total. The Balaban J connectivity index is 1.73. The number of esters is 1. The van der Waals surface area contributed by atoms with E-state index in [1.165, 1.54) is 13.3 Å². The van der Waals surface area contributed by atoms with Crippen LogP contribution in [0, 0.1) is 11.6 Å². The van der Waals surface area contributed by atoms with Crippen LogP contribution < -0.4 is 0 Å². The van der Waals surface area contributed by atoms with E-state index in [4.69, 9.17) is 4.74 Å². The van der Waals surface area contributed by atoms with E-state index < -0.39 is 29.8 Å². The van der Waals surface area contributed by atoms with Gasteiger partial charge < -0.3 is 9.64 Å². The van der Waals surface area contributed by atoms with Crippen LogP contribution in [-0.4, -0.2) is 41.5 Å². The molecule has 0 spiro atoms. The monoisotopic (exact) mass is 375 g/mol. The van der Waals surface area contributed by atoms with Gasteiger partial charge in [-0.25, -0.2) is 18.0 Å². The predicted molar refractivity (Wildman–Crippen MR) is 91.1 cm³/mol. The van der Waals surface area contributed by atoms with E-state index in [0.29, 0.717) is 17.1 Å². The number of benzene rings is 1. The minimum absolute atomic E-state index is 0.00133. The van der Waals surface area contributed by atoms with Crippen molar-refractivity contribution in [1.29, 1.82) is 0 Å². The van der Waals surface area contributed by atoms with E-state index >= 15 is 0 Å². The molecule has 5 nitrogen and oxygen atoms in total. The maximum absolute atomic E-state index is 14.3. The van der Waals surface area contributed by atoms with Crippen LogP contribution in [0.2, 0.25) is 0 Å². The van der Waals surface area contributed by atoms with E-state index in [1.807, 2.05) is 0 Å². The number of halogens is 3. The highest BCUT2D eigenvalue weighted by Crippen LogP contribution is 2.38. The second kappa shape index (κ2) is 6.68. The molecule has 27 heavy (non-hydrogen) atoms. The van der Waals surface area contributed by atoms with Gasteiger partial charge in [0.05, 0.1) is 37.5 Å². The lowest BCUT2D eigenvalue weighted by Crippen LogP contribution is -2.32. The van der Waals surface area contributed by atoms with E-state index in [-0.39, 0.29) is 30.6 Å². The molecule has 0 unspecified atom stereocenters. The number of ether oxygens (including phenoxy) is 1. The first-order valence-corrected chi connectivity index (χ1v) is 8.45. The second-order valence-corrected chi connectivity index (χ2v) is 6.52. The summed E-state index contributed by atoms with van der Waals surface area (Å²) in [7, 11) is 1.27. The van der Waals surface area contributed by atoms with Crippen molar-refractivity contribution in [2.75, 3.05) is 13.7 Å². The molecule has 140 valence electrons. The number of likely N-dealkylation sites (tertiary alicyclic amines) is 1. The molecule has 0 bridgehead atoms. The van der Waals surface area contributed by atoms with Gasteiger partial charge in [0.2, 0.25) is 0 Å². The molecular weight excluding hydrogens is 359 g/mol. The number of alkyl halides is 1. The first kappa shape index (κ1) is 17.5. The van der Waals surface area contributed by atoms with Crippen molar-refractivity contribution in [3.8, 4) is 0 Å². The zero-order chi connectivity index (χ0) is 19.1. The van der Waals surface area contributed by atoms with Gasteiger partial charge in [0.25, 0.3) is 0 Å². The summed E-state index contributed by atoms with van der Waals surface area (Å²) in [5.74, 6) is -1.30. The van der Waals surface area contributed by atoms with Crippen LogP contribution in [0.5, 0.6) is 0 Å². The fourth-order valence-corrected chi connectivity index (χ4v) is 3.61. The lowest BCUT2D eigenvalue weighted by Gasteiger charge is -2.27. The average molecular weight is 375 g/mol. The number of nitrogens with zero attached hydrogens (tertiary/aromatic N) is 3. The van der Waals surface area contributed by atoms with Crippen LogP contribution in [-0.2, 0) is 11.3 Å². The first-order valence-electron chi connectivity index (χ1n) is 8.45. The maximum atomic E-state index is 14.3. The minimum atomic E-state index is -1.21. The zero-order valence-corrected chi connectivity index (χ0v) is 14.5. The standard InChI is InChI=1S/C19H16F3N3O2/c1-27-19(26)10-4-14-16(23-7-10)8-24-18(14)25-9-12(21)6-17(25)13-5-11(20)2-3-15(13)22/h2-5,7,12,17H,6,8-9H2,1H3/t12-,17+/m0/s1. The van der Waals surface area contributed by atoms with Crippen LogP contribution in [0.25, 0.3) is 0 Å². The largest absolute Gasteiger partial charge is 0.465 e. The Labute approximate surface area is 153 Å². The summed E-state index contributed by atoms with van der Waals surface area (Å²) >= 11 is 0. The van der Waals surface area contributed by atoms with E-state index in [1.54, 1.807) is 11.0 Å². The van der Waals surface area contributed by atoms with Crippen LogP contribution in [0.15, 0.2) is 35.5 Å². The smallest absolute Gasteiger partial charge is 0.339 e. The Bertz CT molecular complexity index is 948. The molecule has 1 aromatic carbocycles. The summed E-state index contributed by atoms with van der Waals surface area (Å²) < 4.78 is 46.9. The lowest BCUT2D eigenvalue weighted by molar-refractivity contribution is 0.0600. The van der Waals surface area contributed by atoms with Crippen LogP contribution >= 0.6 is 0 Å². The molecule has 0 aliphatic carbocycles. The third kappa shape index (κ3) is 3.05. The number of hydrogen-bond acceptors (Lipinski definition) is 5. The molecule has 3 heterocycles. The summed E-state index contributed by atoms with van der Waals surface area (Å²) in [4.78, 5) is 22.1. The summed E-state index contributed by atoms with van der Waals surface area (Å²) in [5, 5.41) is 0. The predicted octanol–water partition coefficient (Wildman–Crippen LogP) is 3.19. The summed E-state index contributed by atoms with van der Waals surface area (Å²) in [6.07, 6.45) is 0.217. The SMILES string of the molecule is COC(=O)c1cnc2c(c1)C(N1C[C@@H](F)C[C@@H]1c1cc(F)ccc1F)=NC2. The van der Waals surface area contributed by atoms with Gasteiger partial charge in [0.1, 0.15) is 23.6 Å². The first-order chi connectivity index (χ1) is 13.0. The van der Waals surface area contributed by atoms with Crippen molar-refractivity contribution in [3.05, 3.63) is 64.5 Å². The molecule has 8 heteroatoms. The third-order valence-electron chi connectivity index (χ3n) is 4.85. The van der Waals surface area contributed by atoms with Gasteiger partial charge in [0.15, 0.2) is 0 Å². The number of methoxy groups -OCH3 is 1. The topological polar surface area (TPSA) is 54.8 Å². The quantitative estimate of drug-likeness (QED) is 0.757. The zero-order valence-electron chi connectivity index (χ0n) is 14.5. The number of hydrogen-bond donors (Lipinski definition) is 0. The van der Waals surface area contributed by atoms with E-state index in [2.05, 4.69) is 9.98 Å². The van der Waals surface area contributed by atoms with Crippen molar-refractivity contribution in [3.63, 3.8) is 0 Å². The minimum Gasteiger partial charge on any atom is -0.465 e. The second-order valence-electron chi connectivity index (χ2n) is 6.52. The summed E-state index contributed by atoms with van der Waals surface area (Å²) in [6.45, 7) is 0.277. The van der Waals surface area contributed by atoms with Crippen molar-refractivity contribution < 1.29 is 22.7 Å². The maximum Gasteiger partial charge on any atom is 0.339 e. The Morgan fingerprint density at radius 1 is 1.30 bits per heavy atom. The molecule has 0 radical (unpaired) electrons. The average Bonchev–Trinajstić information content (AvgIpc) is 3.25. The fourth-order valence-electron chi connectivity index (χ4n) is 3.61. The Morgan fingerprint density at radius 2 is 2.11 bits per heavy atom. The number of aliphatic imine (C=N–C) groups is 1. The number of carbonyl (C=O) groups excluding carboxylic acids is 1. The van der Waals surface area contributed by atoms with Crippen molar-refractivity contribution in [2.45, 2.75) is 25.2 Å². The van der Waals surface area contributed by atoms with Crippen molar-refractivity contribution >= 4 is 11.8 Å². The molecule has 0 amide bonds. The molecule has 1 aromatic heterocycles. The van der Waals surface area contributed by atoms with Gasteiger partial charge in [-0.05, 0) is 24.3 Å². The fraction of sp³-hybridized carbons (Fsp3) is 0.316. The molecule has 2 aliphatic heterocycles. The van der Waals surface area contributed by atoms with Gasteiger partial charge in [-0.2, -0.15) is 0 Å². The van der Waals surface area contributed by atoms with Crippen molar-refractivity contribution in [1.82, 2.24) is 9.88 Å². The summed E-state index contributed by atoms with van der Waals surface area (Å²) in [5.41, 5.74) is 1.55.